The highest BCUT2D eigenvalue weighted by Crippen LogP contribution is 2.27. The molecule has 3 aromatic rings. The number of halogens is 3. The molecule has 0 aliphatic carbocycles. The molecule has 0 radical (unpaired) electrons. The number of likely N-dealkylation sites (N-methyl/N-ethyl adjacent to an activating group) is 1. The molecule has 0 saturated carbocycles. The van der Waals surface area contributed by atoms with Crippen LogP contribution in [0.2, 0.25) is 0 Å². The SMILES string of the molecule is CN(Cc1cccc(F)c1)CC(O)COC(c1ccc(F)cc1)c1ccc(F)cc1. The van der Waals surface area contributed by atoms with E-state index in [1.165, 1.54) is 36.4 Å². The van der Waals surface area contributed by atoms with Crippen molar-refractivity contribution in [1.82, 2.24) is 4.90 Å². The van der Waals surface area contributed by atoms with Crippen LogP contribution in [0, 0.1) is 17.5 Å². The van der Waals surface area contributed by atoms with Crippen LogP contribution in [0.5, 0.6) is 0 Å². The van der Waals surface area contributed by atoms with Gasteiger partial charge in [0, 0.05) is 13.1 Å². The average Bonchev–Trinajstić information content (AvgIpc) is 2.70. The van der Waals surface area contributed by atoms with Gasteiger partial charge in [-0.1, -0.05) is 36.4 Å². The second kappa shape index (κ2) is 10.4. The van der Waals surface area contributed by atoms with Gasteiger partial charge in [-0.3, -0.25) is 4.90 Å². The third kappa shape index (κ3) is 6.42. The van der Waals surface area contributed by atoms with Gasteiger partial charge in [0.05, 0.1) is 12.7 Å². The van der Waals surface area contributed by atoms with Crippen molar-refractivity contribution in [2.45, 2.75) is 18.8 Å². The molecule has 1 atom stereocenters. The highest BCUT2D eigenvalue weighted by atomic mass is 19.1. The molecule has 1 unspecified atom stereocenters. The van der Waals surface area contributed by atoms with Crippen LogP contribution in [0.1, 0.15) is 22.8 Å². The maximum absolute atomic E-state index is 13.3. The minimum Gasteiger partial charge on any atom is -0.389 e. The predicted octanol–water partition coefficient (Wildman–Crippen LogP) is 4.70. The molecule has 3 aromatic carbocycles. The van der Waals surface area contributed by atoms with Gasteiger partial charge in [0.2, 0.25) is 0 Å². The number of aliphatic hydroxyl groups is 1. The fraction of sp³-hybridized carbons (Fsp3) is 0.250. The molecule has 3 nitrogen and oxygen atoms in total. The third-order valence-electron chi connectivity index (χ3n) is 4.66. The molecule has 0 saturated heterocycles. The van der Waals surface area contributed by atoms with E-state index in [1.54, 1.807) is 30.3 Å². The summed E-state index contributed by atoms with van der Waals surface area (Å²) >= 11 is 0. The quantitative estimate of drug-likeness (QED) is 0.550. The van der Waals surface area contributed by atoms with E-state index in [0.717, 1.165) is 5.56 Å². The molecule has 0 spiro atoms. The van der Waals surface area contributed by atoms with Crippen LogP contribution in [0.25, 0.3) is 0 Å². The van der Waals surface area contributed by atoms with Gasteiger partial charge in [0.25, 0.3) is 0 Å². The molecule has 0 heterocycles. The second-order valence-corrected chi connectivity index (χ2v) is 7.30. The zero-order valence-corrected chi connectivity index (χ0v) is 16.6. The van der Waals surface area contributed by atoms with Crippen molar-refractivity contribution >= 4 is 0 Å². The molecular formula is C24H24F3NO2. The Hall–Kier alpha value is -2.67. The summed E-state index contributed by atoms with van der Waals surface area (Å²) in [5.41, 5.74) is 2.20. The highest BCUT2D eigenvalue weighted by molar-refractivity contribution is 5.30. The summed E-state index contributed by atoms with van der Waals surface area (Å²) in [6, 6.07) is 18.0. The van der Waals surface area contributed by atoms with Crippen molar-refractivity contribution in [3.8, 4) is 0 Å². The lowest BCUT2D eigenvalue weighted by atomic mass is 10.0. The second-order valence-electron chi connectivity index (χ2n) is 7.30. The van der Waals surface area contributed by atoms with Gasteiger partial charge < -0.3 is 9.84 Å². The number of aliphatic hydroxyl groups excluding tert-OH is 1. The lowest BCUT2D eigenvalue weighted by molar-refractivity contribution is -0.00630. The van der Waals surface area contributed by atoms with E-state index in [0.29, 0.717) is 24.2 Å². The Labute approximate surface area is 174 Å². The largest absolute Gasteiger partial charge is 0.389 e. The molecule has 0 aromatic heterocycles. The Morgan fingerprint density at radius 1 is 0.833 bits per heavy atom. The van der Waals surface area contributed by atoms with E-state index in [4.69, 9.17) is 4.74 Å². The summed E-state index contributed by atoms with van der Waals surface area (Å²) in [6.07, 6.45) is -1.37. The first-order valence-electron chi connectivity index (χ1n) is 9.64. The maximum Gasteiger partial charge on any atom is 0.123 e. The van der Waals surface area contributed by atoms with E-state index >= 15 is 0 Å². The van der Waals surface area contributed by atoms with Gasteiger partial charge in [-0.2, -0.15) is 0 Å². The van der Waals surface area contributed by atoms with E-state index < -0.39 is 12.2 Å². The lowest BCUT2D eigenvalue weighted by Crippen LogP contribution is -2.32. The molecule has 6 heteroatoms. The summed E-state index contributed by atoms with van der Waals surface area (Å²) < 4.78 is 45.9. The molecule has 0 fully saturated rings. The fourth-order valence-electron chi connectivity index (χ4n) is 3.29. The van der Waals surface area contributed by atoms with Gasteiger partial charge in [0.15, 0.2) is 0 Å². The van der Waals surface area contributed by atoms with Gasteiger partial charge in [-0.05, 0) is 60.1 Å². The maximum atomic E-state index is 13.3. The minimum atomic E-state index is -0.799. The van der Waals surface area contributed by atoms with Crippen LogP contribution >= 0.6 is 0 Å². The van der Waals surface area contributed by atoms with Crippen molar-refractivity contribution in [2.24, 2.45) is 0 Å². The molecule has 0 aliphatic rings. The highest BCUT2D eigenvalue weighted by Gasteiger charge is 2.18. The van der Waals surface area contributed by atoms with Crippen LogP contribution in [0.15, 0.2) is 72.8 Å². The van der Waals surface area contributed by atoms with Crippen molar-refractivity contribution in [3.05, 3.63) is 107 Å². The standard InChI is InChI=1S/C24H24F3NO2/c1-28(14-17-3-2-4-22(27)13-17)15-23(29)16-30-24(18-5-9-20(25)10-6-18)19-7-11-21(26)12-8-19/h2-13,23-24,29H,14-16H2,1H3. The van der Waals surface area contributed by atoms with E-state index in [2.05, 4.69) is 0 Å². The molecule has 0 bridgehead atoms. The van der Waals surface area contributed by atoms with Gasteiger partial charge in [-0.25, -0.2) is 13.2 Å². The number of ether oxygens (including phenoxy) is 1. The van der Waals surface area contributed by atoms with Crippen molar-refractivity contribution in [2.75, 3.05) is 20.2 Å². The molecule has 30 heavy (non-hydrogen) atoms. The van der Waals surface area contributed by atoms with Gasteiger partial charge >= 0.3 is 0 Å². The van der Waals surface area contributed by atoms with Crippen LogP contribution < -0.4 is 0 Å². The van der Waals surface area contributed by atoms with Crippen molar-refractivity contribution < 1.29 is 23.0 Å². The van der Waals surface area contributed by atoms with Crippen molar-refractivity contribution in [1.29, 1.82) is 0 Å². The monoisotopic (exact) mass is 415 g/mol. The van der Waals surface area contributed by atoms with Crippen LogP contribution in [-0.4, -0.2) is 36.3 Å². The fourth-order valence-corrected chi connectivity index (χ4v) is 3.29. The third-order valence-corrected chi connectivity index (χ3v) is 4.66. The minimum absolute atomic E-state index is 0.0207. The summed E-state index contributed by atoms with van der Waals surface area (Å²) in [7, 11) is 1.82. The Balaban J connectivity index is 1.62. The number of nitrogens with zero attached hydrogens (tertiary/aromatic N) is 1. The zero-order valence-electron chi connectivity index (χ0n) is 16.6. The first-order valence-corrected chi connectivity index (χ1v) is 9.64. The number of hydrogen-bond acceptors (Lipinski definition) is 3. The Kier molecular flexibility index (Phi) is 7.63. The Morgan fingerprint density at radius 3 is 1.93 bits per heavy atom. The van der Waals surface area contributed by atoms with Crippen molar-refractivity contribution in [3.63, 3.8) is 0 Å². The zero-order chi connectivity index (χ0) is 21.5. The molecule has 158 valence electrons. The molecule has 1 N–H and O–H groups in total. The molecular weight excluding hydrogens is 391 g/mol. The predicted molar refractivity (Wildman–Crippen MR) is 109 cm³/mol. The first-order chi connectivity index (χ1) is 14.4. The smallest absolute Gasteiger partial charge is 0.123 e. The summed E-state index contributed by atoms with van der Waals surface area (Å²) in [5, 5.41) is 10.4. The van der Waals surface area contributed by atoms with Gasteiger partial charge in [-0.15, -0.1) is 0 Å². The molecule has 0 aliphatic heterocycles. The van der Waals surface area contributed by atoms with E-state index in [-0.39, 0.29) is 24.1 Å². The molecule has 0 amide bonds. The average molecular weight is 415 g/mol. The lowest BCUT2D eigenvalue weighted by Gasteiger charge is -2.24. The molecule has 3 rings (SSSR count). The van der Waals surface area contributed by atoms with E-state index in [1.807, 2.05) is 18.0 Å². The summed E-state index contributed by atoms with van der Waals surface area (Å²) in [5.74, 6) is -1.03. The summed E-state index contributed by atoms with van der Waals surface area (Å²) in [4.78, 5) is 1.87. The Morgan fingerprint density at radius 2 is 1.40 bits per heavy atom. The number of benzene rings is 3. The van der Waals surface area contributed by atoms with Crippen LogP contribution in [0.4, 0.5) is 13.2 Å². The number of hydrogen-bond donors (Lipinski definition) is 1. The number of rotatable bonds is 9. The Bertz CT molecular complexity index is 886. The normalized spacial score (nSPS) is 12.5. The topological polar surface area (TPSA) is 32.7 Å². The summed E-state index contributed by atoms with van der Waals surface area (Å²) in [6.45, 7) is 0.817. The first kappa shape index (κ1) is 22.0. The van der Waals surface area contributed by atoms with Gasteiger partial charge in [0.1, 0.15) is 23.6 Å². The van der Waals surface area contributed by atoms with Crippen LogP contribution in [-0.2, 0) is 11.3 Å². The van der Waals surface area contributed by atoms with E-state index in [9.17, 15) is 18.3 Å². The van der Waals surface area contributed by atoms with Crippen LogP contribution in [0.3, 0.4) is 0 Å².